The number of hydrogen-bond acceptors (Lipinski definition) is 3. The first-order valence-corrected chi connectivity index (χ1v) is 6.07. The molecule has 14 heavy (non-hydrogen) atoms. The van der Waals surface area contributed by atoms with Crippen molar-refractivity contribution >= 4 is 11.3 Å². The van der Waals surface area contributed by atoms with E-state index in [1.54, 1.807) is 4.88 Å². The quantitative estimate of drug-likeness (QED) is 0.808. The maximum Gasteiger partial charge on any atom is 0.0274 e. The second kappa shape index (κ2) is 4.01. The van der Waals surface area contributed by atoms with Crippen molar-refractivity contribution in [3.8, 4) is 0 Å². The zero-order valence-corrected chi connectivity index (χ0v) is 9.73. The molecule has 2 rings (SSSR count). The van der Waals surface area contributed by atoms with Gasteiger partial charge in [-0.05, 0) is 31.9 Å². The Hall–Kier alpha value is -0.380. The maximum absolute atomic E-state index is 5.65. The molecule has 0 fully saturated rings. The molecule has 1 aromatic rings. The van der Waals surface area contributed by atoms with Gasteiger partial charge in [0.15, 0.2) is 0 Å². The van der Waals surface area contributed by atoms with E-state index in [1.165, 1.54) is 23.4 Å². The third-order valence-corrected chi connectivity index (χ3v) is 4.14. The van der Waals surface area contributed by atoms with Crippen LogP contribution in [0, 0.1) is 0 Å². The van der Waals surface area contributed by atoms with E-state index >= 15 is 0 Å². The Morgan fingerprint density at radius 2 is 2.36 bits per heavy atom. The number of nitrogens with two attached hydrogens (primary N) is 1. The van der Waals surface area contributed by atoms with Crippen LogP contribution in [-0.4, -0.2) is 17.5 Å². The molecule has 0 unspecified atom stereocenters. The zero-order chi connectivity index (χ0) is 10.1. The molecule has 1 aliphatic rings. The molecule has 2 nitrogen and oxygen atoms in total. The van der Waals surface area contributed by atoms with Crippen LogP contribution in [0.1, 0.15) is 29.2 Å². The lowest BCUT2D eigenvalue weighted by Gasteiger charge is -2.30. The van der Waals surface area contributed by atoms with E-state index in [1.807, 2.05) is 11.3 Å². The van der Waals surface area contributed by atoms with E-state index in [-0.39, 0.29) is 0 Å². The molecular weight excluding hydrogens is 192 g/mol. The summed E-state index contributed by atoms with van der Waals surface area (Å²) in [5.74, 6) is 0. The minimum Gasteiger partial charge on any atom is -0.326 e. The molecular formula is C11H18N2S. The van der Waals surface area contributed by atoms with Crippen LogP contribution in [-0.2, 0) is 19.5 Å². The van der Waals surface area contributed by atoms with Crippen LogP contribution in [0.2, 0.25) is 0 Å². The fourth-order valence-electron chi connectivity index (χ4n) is 1.96. The van der Waals surface area contributed by atoms with Crippen molar-refractivity contribution in [1.82, 2.24) is 4.90 Å². The summed E-state index contributed by atoms with van der Waals surface area (Å²) < 4.78 is 0. The van der Waals surface area contributed by atoms with Crippen molar-refractivity contribution in [1.29, 1.82) is 0 Å². The molecule has 78 valence electrons. The molecule has 2 N–H and O–H groups in total. The minimum atomic E-state index is 0.657. The second-order valence-corrected chi connectivity index (χ2v) is 5.40. The van der Waals surface area contributed by atoms with Crippen LogP contribution in [0.5, 0.6) is 0 Å². The van der Waals surface area contributed by atoms with Crippen molar-refractivity contribution in [3.05, 3.63) is 21.4 Å². The molecule has 1 aromatic heterocycles. The van der Waals surface area contributed by atoms with Crippen LogP contribution < -0.4 is 5.73 Å². The lowest BCUT2D eigenvalue weighted by atomic mass is 10.1. The highest BCUT2D eigenvalue weighted by Gasteiger charge is 2.20. The van der Waals surface area contributed by atoms with Gasteiger partial charge in [0, 0.05) is 35.4 Å². The van der Waals surface area contributed by atoms with Crippen LogP contribution in [0.4, 0.5) is 0 Å². The van der Waals surface area contributed by atoms with E-state index in [2.05, 4.69) is 24.8 Å². The molecule has 0 saturated carbocycles. The smallest absolute Gasteiger partial charge is 0.0274 e. The van der Waals surface area contributed by atoms with Crippen LogP contribution >= 0.6 is 11.3 Å². The Bertz CT molecular complexity index is 317. The lowest BCUT2D eigenvalue weighted by Crippen LogP contribution is -2.35. The summed E-state index contributed by atoms with van der Waals surface area (Å²) >= 11 is 1.90. The molecule has 3 heteroatoms. The second-order valence-electron chi connectivity index (χ2n) is 4.18. The fraction of sp³-hybridized carbons (Fsp3) is 0.636. The highest BCUT2D eigenvalue weighted by Crippen LogP contribution is 2.28. The van der Waals surface area contributed by atoms with Gasteiger partial charge in [0.2, 0.25) is 0 Å². The van der Waals surface area contributed by atoms with Crippen LogP contribution in [0.25, 0.3) is 0 Å². The van der Waals surface area contributed by atoms with E-state index in [4.69, 9.17) is 5.73 Å². The monoisotopic (exact) mass is 210 g/mol. The molecule has 0 atom stereocenters. The van der Waals surface area contributed by atoms with Gasteiger partial charge >= 0.3 is 0 Å². The molecule has 0 aliphatic carbocycles. The molecule has 0 amide bonds. The Labute approximate surface area is 89.7 Å². The summed E-state index contributed by atoms with van der Waals surface area (Å²) in [5, 5.41) is 0. The maximum atomic E-state index is 5.65. The molecule has 2 heterocycles. The number of thiophene rings is 1. The lowest BCUT2D eigenvalue weighted by molar-refractivity contribution is 0.205. The molecule has 0 radical (unpaired) electrons. The number of rotatable bonds is 2. The normalized spacial score (nSPS) is 17.4. The SMILES string of the molecule is CC(C)N1CCc2sc(CN)cc2C1. The largest absolute Gasteiger partial charge is 0.326 e. The summed E-state index contributed by atoms with van der Waals surface area (Å²) in [6, 6.07) is 2.94. The average Bonchev–Trinajstić information content (AvgIpc) is 2.58. The number of nitrogens with zero attached hydrogens (tertiary/aromatic N) is 1. The topological polar surface area (TPSA) is 29.3 Å². The highest BCUT2D eigenvalue weighted by molar-refractivity contribution is 7.12. The van der Waals surface area contributed by atoms with Crippen molar-refractivity contribution in [3.63, 3.8) is 0 Å². The van der Waals surface area contributed by atoms with Crippen molar-refractivity contribution in [2.75, 3.05) is 6.54 Å². The Kier molecular flexibility index (Phi) is 2.91. The molecule has 1 aliphatic heterocycles. The van der Waals surface area contributed by atoms with Crippen molar-refractivity contribution in [2.24, 2.45) is 5.73 Å². The van der Waals surface area contributed by atoms with Crippen molar-refractivity contribution < 1.29 is 0 Å². The number of hydrogen-bond donors (Lipinski definition) is 1. The Morgan fingerprint density at radius 1 is 1.57 bits per heavy atom. The first-order valence-electron chi connectivity index (χ1n) is 5.25. The first kappa shape index (κ1) is 10.1. The zero-order valence-electron chi connectivity index (χ0n) is 8.92. The third-order valence-electron chi connectivity index (χ3n) is 2.88. The van der Waals surface area contributed by atoms with Gasteiger partial charge in [-0.15, -0.1) is 11.3 Å². The minimum absolute atomic E-state index is 0.657. The van der Waals surface area contributed by atoms with Gasteiger partial charge in [-0.25, -0.2) is 0 Å². The van der Waals surface area contributed by atoms with Gasteiger partial charge in [-0.2, -0.15) is 0 Å². The fourth-order valence-corrected chi connectivity index (χ4v) is 3.01. The molecule has 0 spiro atoms. The Morgan fingerprint density at radius 3 is 3.00 bits per heavy atom. The van der Waals surface area contributed by atoms with Gasteiger partial charge in [-0.3, -0.25) is 4.90 Å². The van der Waals surface area contributed by atoms with Crippen molar-refractivity contribution in [2.45, 2.75) is 39.4 Å². The summed E-state index contributed by atoms with van der Waals surface area (Å²) in [6.45, 7) is 7.54. The van der Waals surface area contributed by atoms with Gasteiger partial charge in [0.05, 0.1) is 0 Å². The molecule has 0 bridgehead atoms. The first-order chi connectivity index (χ1) is 6.70. The van der Waals surface area contributed by atoms with Gasteiger partial charge in [-0.1, -0.05) is 0 Å². The predicted octanol–water partition coefficient (Wildman–Crippen LogP) is 1.97. The van der Waals surface area contributed by atoms with Crippen LogP contribution in [0.15, 0.2) is 6.07 Å². The van der Waals surface area contributed by atoms with Gasteiger partial charge < -0.3 is 5.73 Å². The standard InChI is InChI=1S/C11H18N2S/c1-8(2)13-4-3-11-9(7-13)5-10(6-12)14-11/h5,8H,3-4,6-7,12H2,1-2H3. The molecule has 0 aromatic carbocycles. The predicted molar refractivity (Wildman–Crippen MR) is 61.5 cm³/mol. The number of fused-ring (bicyclic) bond motifs is 1. The third kappa shape index (κ3) is 1.85. The summed E-state index contributed by atoms with van der Waals surface area (Å²) in [6.07, 6.45) is 1.21. The van der Waals surface area contributed by atoms with E-state index in [9.17, 15) is 0 Å². The van der Waals surface area contributed by atoms with E-state index < -0.39 is 0 Å². The van der Waals surface area contributed by atoms with Crippen LogP contribution in [0.3, 0.4) is 0 Å². The van der Waals surface area contributed by atoms with E-state index in [0.29, 0.717) is 12.6 Å². The highest BCUT2D eigenvalue weighted by atomic mass is 32.1. The summed E-state index contributed by atoms with van der Waals surface area (Å²) in [4.78, 5) is 5.41. The summed E-state index contributed by atoms with van der Waals surface area (Å²) in [7, 11) is 0. The van der Waals surface area contributed by atoms with Gasteiger partial charge in [0.1, 0.15) is 0 Å². The van der Waals surface area contributed by atoms with E-state index in [0.717, 1.165) is 6.54 Å². The average molecular weight is 210 g/mol. The van der Waals surface area contributed by atoms with Gasteiger partial charge in [0.25, 0.3) is 0 Å². The Balaban J connectivity index is 2.17. The summed E-state index contributed by atoms with van der Waals surface area (Å²) in [5.41, 5.74) is 7.16. The molecule has 0 saturated heterocycles.